The van der Waals surface area contributed by atoms with Crippen LogP contribution in [0.15, 0.2) is 30.9 Å². The monoisotopic (exact) mass is 171 g/mol. The molecule has 0 saturated carbocycles. The SMILES string of the molecule is C=C(N)c1ccc2c(c1)CCC=C2. The maximum atomic E-state index is 5.63. The lowest BCUT2D eigenvalue weighted by atomic mass is 9.95. The molecule has 0 radical (unpaired) electrons. The van der Waals surface area contributed by atoms with Crippen LogP contribution in [0.4, 0.5) is 0 Å². The molecule has 1 aliphatic rings. The highest BCUT2D eigenvalue weighted by molar-refractivity contribution is 5.65. The van der Waals surface area contributed by atoms with E-state index in [4.69, 9.17) is 5.73 Å². The van der Waals surface area contributed by atoms with E-state index in [1.54, 1.807) is 0 Å². The normalized spacial score (nSPS) is 13.8. The smallest absolute Gasteiger partial charge is 0.0314 e. The van der Waals surface area contributed by atoms with Crippen molar-refractivity contribution in [2.24, 2.45) is 5.73 Å². The summed E-state index contributed by atoms with van der Waals surface area (Å²) < 4.78 is 0. The van der Waals surface area contributed by atoms with Gasteiger partial charge in [0.25, 0.3) is 0 Å². The summed E-state index contributed by atoms with van der Waals surface area (Å²) in [6.45, 7) is 3.73. The molecule has 66 valence electrons. The second kappa shape index (κ2) is 3.09. The molecule has 13 heavy (non-hydrogen) atoms. The number of nitrogens with two attached hydrogens (primary N) is 1. The van der Waals surface area contributed by atoms with Crippen LogP contribution >= 0.6 is 0 Å². The number of aryl methyl sites for hydroxylation is 1. The van der Waals surface area contributed by atoms with Gasteiger partial charge in [0.05, 0.1) is 0 Å². The summed E-state index contributed by atoms with van der Waals surface area (Å²) in [7, 11) is 0. The molecule has 0 heterocycles. The molecule has 0 bridgehead atoms. The third-order valence-corrected chi connectivity index (χ3v) is 2.39. The molecule has 0 amide bonds. The van der Waals surface area contributed by atoms with Crippen molar-refractivity contribution >= 4 is 11.8 Å². The van der Waals surface area contributed by atoms with Gasteiger partial charge in [-0.2, -0.15) is 0 Å². The molecule has 0 aliphatic heterocycles. The van der Waals surface area contributed by atoms with Crippen molar-refractivity contribution in [2.45, 2.75) is 12.8 Å². The molecule has 2 N–H and O–H groups in total. The quantitative estimate of drug-likeness (QED) is 0.690. The maximum Gasteiger partial charge on any atom is 0.0314 e. The first-order chi connectivity index (χ1) is 6.27. The number of rotatable bonds is 1. The first-order valence-electron chi connectivity index (χ1n) is 4.51. The standard InChI is InChI=1S/C12H13N/c1-9(13)11-7-6-10-4-2-3-5-12(10)8-11/h2,4,6-8H,1,3,5,13H2. The van der Waals surface area contributed by atoms with Gasteiger partial charge in [-0.05, 0) is 35.6 Å². The van der Waals surface area contributed by atoms with E-state index in [0.29, 0.717) is 5.70 Å². The number of benzene rings is 1. The Balaban J connectivity index is 2.48. The van der Waals surface area contributed by atoms with E-state index in [0.717, 1.165) is 18.4 Å². The largest absolute Gasteiger partial charge is 0.399 e. The second-order valence-electron chi connectivity index (χ2n) is 3.38. The van der Waals surface area contributed by atoms with Crippen LogP contribution in [0.25, 0.3) is 11.8 Å². The Morgan fingerprint density at radius 3 is 3.00 bits per heavy atom. The van der Waals surface area contributed by atoms with Crippen LogP contribution in [0.2, 0.25) is 0 Å². The molecule has 1 nitrogen and oxygen atoms in total. The number of allylic oxidation sites excluding steroid dienone is 1. The molecule has 0 spiro atoms. The van der Waals surface area contributed by atoms with Gasteiger partial charge in [0, 0.05) is 5.70 Å². The van der Waals surface area contributed by atoms with E-state index in [-0.39, 0.29) is 0 Å². The lowest BCUT2D eigenvalue weighted by Crippen LogP contribution is -1.99. The summed E-state index contributed by atoms with van der Waals surface area (Å²) >= 11 is 0. The fraction of sp³-hybridized carbons (Fsp3) is 0.167. The molecule has 1 aromatic rings. The summed E-state index contributed by atoms with van der Waals surface area (Å²) in [5.74, 6) is 0. The van der Waals surface area contributed by atoms with Crippen molar-refractivity contribution in [3.8, 4) is 0 Å². The zero-order valence-electron chi connectivity index (χ0n) is 7.59. The van der Waals surface area contributed by atoms with Gasteiger partial charge in [0.15, 0.2) is 0 Å². The van der Waals surface area contributed by atoms with Crippen molar-refractivity contribution in [2.75, 3.05) is 0 Å². The predicted octanol–water partition coefficient (Wildman–Crippen LogP) is 2.58. The molecule has 1 aliphatic carbocycles. The van der Waals surface area contributed by atoms with E-state index in [9.17, 15) is 0 Å². The van der Waals surface area contributed by atoms with Gasteiger partial charge in [-0.25, -0.2) is 0 Å². The van der Waals surface area contributed by atoms with Gasteiger partial charge >= 0.3 is 0 Å². The van der Waals surface area contributed by atoms with E-state index in [2.05, 4.69) is 30.9 Å². The van der Waals surface area contributed by atoms with Crippen LogP contribution in [-0.2, 0) is 6.42 Å². The fourth-order valence-corrected chi connectivity index (χ4v) is 1.63. The minimum Gasteiger partial charge on any atom is -0.399 e. The average Bonchev–Trinajstić information content (AvgIpc) is 2.17. The number of hydrogen-bond acceptors (Lipinski definition) is 1. The first kappa shape index (κ1) is 8.11. The first-order valence-corrected chi connectivity index (χ1v) is 4.51. The molecule has 1 aromatic carbocycles. The summed E-state index contributed by atoms with van der Waals surface area (Å²) in [6.07, 6.45) is 6.63. The van der Waals surface area contributed by atoms with Crippen molar-refractivity contribution in [1.82, 2.24) is 0 Å². The highest BCUT2D eigenvalue weighted by atomic mass is 14.6. The molecular formula is C12H13N. The van der Waals surface area contributed by atoms with Crippen LogP contribution in [0, 0.1) is 0 Å². The van der Waals surface area contributed by atoms with Crippen LogP contribution in [0.5, 0.6) is 0 Å². The second-order valence-corrected chi connectivity index (χ2v) is 3.38. The molecule has 0 fully saturated rings. The Kier molecular flexibility index (Phi) is 1.93. The van der Waals surface area contributed by atoms with E-state index in [1.165, 1.54) is 11.1 Å². The fourth-order valence-electron chi connectivity index (χ4n) is 1.63. The lowest BCUT2D eigenvalue weighted by molar-refractivity contribution is 0.984. The molecule has 0 atom stereocenters. The summed E-state index contributed by atoms with van der Waals surface area (Å²) in [5.41, 5.74) is 10.0. The summed E-state index contributed by atoms with van der Waals surface area (Å²) in [5, 5.41) is 0. The Morgan fingerprint density at radius 2 is 2.23 bits per heavy atom. The molecular weight excluding hydrogens is 158 g/mol. The third kappa shape index (κ3) is 1.50. The highest BCUT2D eigenvalue weighted by Gasteiger charge is 2.05. The molecule has 0 saturated heterocycles. The van der Waals surface area contributed by atoms with Crippen LogP contribution in [0.1, 0.15) is 23.1 Å². The van der Waals surface area contributed by atoms with Crippen LogP contribution in [-0.4, -0.2) is 0 Å². The Hall–Kier alpha value is -1.50. The molecule has 0 aromatic heterocycles. The molecule has 2 rings (SSSR count). The zero-order valence-corrected chi connectivity index (χ0v) is 7.59. The van der Waals surface area contributed by atoms with Gasteiger partial charge in [0.1, 0.15) is 0 Å². The lowest BCUT2D eigenvalue weighted by Gasteiger charge is -2.11. The van der Waals surface area contributed by atoms with Crippen LogP contribution < -0.4 is 5.73 Å². The molecule has 1 heteroatoms. The van der Waals surface area contributed by atoms with E-state index in [1.807, 2.05) is 6.07 Å². The summed E-state index contributed by atoms with van der Waals surface area (Å²) in [4.78, 5) is 0. The van der Waals surface area contributed by atoms with Gasteiger partial charge in [-0.1, -0.05) is 30.9 Å². The molecule has 0 unspecified atom stereocenters. The Labute approximate surface area is 78.6 Å². The average molecular weight is 171 g/mol. The van der Waals surface area contributed by atoms with Gasteiger partial charge in [0.2, 0.25) is 0 Å². The third-order valence-electron chi connectivity index (χ3n) is 2.39. The summed E-state index contributed by atoms with van der Waals surface area (Å²) in [6, 6.07) is 6.27. The predicted molar refractivity (Wildman–Crippen MR) is 57.0 cm³/mol. The minimum absolute atomic E-state index is 0.650. The zero-order chi connectivity index (χ0) is 9.26. The van der Waals surface area contributed by atoms with Crippen molar-refractivity contribution < 1.29 is 0 Å². The number of fused-ring (bicyclic) bond motifs is 1. The van der Waals surface area contributed by atoms with Crippen molar-refractivity contribution in [1.29, 1.82) is 0 Å². The van der Waals surface area contributed by atoms with Gasteiger partial charge in [-0.3, -0.25) is 0 Å². The van der Waals surface area contributed by atoms with Crippen molar-refractivity contribution in [3.05, 3.63) is 47.5 Å². The Bertz CT molecular complexity index is 375. The van der Waals surface area contributed by atoms with E-state index >= 15 is 0 Å². The van der Waals surface area contributed by atoms with Crippen molar-refractivity contribution in [3.63, 3.8) is 0 Å². The Morgan fingerprint density at radius 1 is 1.38 bits per heavy atom. The minimum atomic E-state index is 0.650. The van der Waals surface area contributed by atoms with Crippen LogP contribution in [0.3, 0.4) is 0 Å². The van der Waals surface area contributed by atoms with Gasteiger partial charge in [-0.15, -0.1) is 0 Å². The topological polar surface area (TPSA) is 26.0 Å². The highest BCUT2D eigenvalue weighted by Crippen LogP contribution is 2.21. The maximum absolute atomic E-state index is 5.63. The van der Waals surface area contributed by atoms with Gasteiger partial charge < -0.3 is 5.73 Å². The number of hydrogen-bond donors (Lipinski definition) is 1. The van der Waals surface area contributed by atoms with E-state index < -0.39 is 0 Å².